The molecule has 12 heteroatoms. The van der Waals surface area contributed by atoms with Crippen molar-refractivity contribution in [2.75, 3.05) is 19.7 Å². The molecule has 1 saturated carbocycles. The molecule has 198 valence electrons. The van der Waals surface area contributed by atoms with Crippen LogP contribution in [0.1, 0.15) is 42.6 Å². The van der Waals surface area contributed by atoms with Crippen molar-refractivity contribution in [1.29, 1.82) is 0 Å². The number of nitrogens with one attached hydrogen (secondary N) is 3. The van der Waals surface area contributed by atoms with Crippen molar-refractivity contribution < 1.29 is 28.7 Å². The normalized spacial score (nSPS) is 25.8. The van der Waals surface area contributed by atoms with Crippen LogP contribution in [0, 0.1) is 23.6 Å². The van der Waals surface area contributed by atoms with Crippen LogP contribution in [0.2, 0.25) is 10.0 Å². The first-order chi connectivity index (χ1) is 17.7. The fraction of sp³-hybridized carbons (Fsp3) is 0.520. The third kappa shape index (κ3) is 4.70. The molecular weight excluding hydrogens is 526 g/mol. The summed E-state index contributed by atoms with van der Waals surface area (Å²) in [5, 5.41) is 15.2. The molecule has 3 fully saturated rings. The van der Waals surface area contributed by atoms with E-state index < -0.39 is 48.0 Å². The Morgan fingerprint density at radius 3 is 2.68 bits per heavy atom. The van der Waals surface area contributed by atoms with Crippen molar-refractivity contribution in [3.8, 4) is 0 Å². The molecule has 2 aliphatic heterocycles. The van der Waals surface area contributed by atoms with Gasteiger partial charge in [0.2, 0.25) is 11.8 Å². The molecule has 1 unspecified atom stereocenters. The first kappa shape index (κ1) is 25.9. The molecule has 9 nitrogen and oxygen atoms in total. The van der Waals surface area contributed by atoms with E-state index in [4.69, 9.17) is 23.2 Å². The molecule has 0 spiro atoms. The smallest absolute Gasteiger partial charge is 0.271 e. The number of nitrogens with zero attached hydrogens (tertiary/aromatic N) is 1. The van der Waals surface area contributed by atoms with Crippen molar-refractivity contribution >= 4 is 57.6 Å². The van der Waals surface area contributed by atoms with Gasteiger partial charge in [-0.3, -0.25) is 19.2 Å². The molecule has 3 heterocycles. The molecule has 3 aliphatic rings. The van der Waals surface area contributed by atoms with Gasteiger partial charge in [0.25, 0.3) is 5.91 Å². The van der Waals surface area contributed by atoms with Crippen LogP contribution in [0.3, 0.4) is 0 Å². The fourth-order valence-electron chi connectivity index (χ4n) is 6.10. The molecule has 2 aromatic rings. The number of aliphatic hydroxyl groups is 1. The van der Waals surface area contributed by atoms with E-state index in [1.54, 1.807) is 0 Å². The number of amides is 3. The summed E-state index contributed by atoms with van der Waals surface area (Å²) in [6.07, 6.45) is 3.15. The zero-order valence-electron chi connectivity index (χ0n) is 19.9. The van der Waals surface area contributed by atoms with Crippen LogP contribution in [0.15, 0.2) is 12.1 Å². The van der Waals surface area contributed by atoms with Crippen molar-refractivity contribution in [3.05, 3.63) is 33.7 Å². The van der Waals surface area contributed by atoms with Gasteiger partial charge in [0.05, 0.1) is 21.6 Å². The second-order valence-corrected chi connectivity index (χ2v) is 10.9. The Bertz CT molecular complexity index is 1280. The highest BCUT2D eigenvalue weighted by molar-refractivity contribution is 6.38. The molecular formula is C25H27Cl2FN4O5. The van der Waals surface area contributed by atoms with Crippen molar-refractivity contribution in [1.82, 2.24) is 20.5 Å². The van der Waals surface area contributed by atoms with Crippen LogP contribution in [0.25, 0.3) is 10.9 Å². The van der Waals surface area contributed by atoms with Gasteiger partial charge in [-0.1, -0.05) is 29.6 Å². The SMILES string of the molecule is O=C(CO)C(C[C@@H]1CCNC1=O)NC(=O)[C@@H]1[C@H]2CCC[C@H]2CN1C(=O)c1cc2c(Cl)cc(Cl)c(F)c2[nH]1. The van der Waals surface area contributed by atoms with E-state index in [-0.39, 0.29) is 45.4 Å². The molecule has 3 amide bonds. The number of H-pyrrole nitrogens is 1. The zero-order valence-corrected chi connectivity index (χ0v) is 21.4. The van der Waals surface area contributed by atoms with Gasteiger partial charge < -0.3 is 25.6 Å². The molecule has 5 rings (SSSR count). The van der Waals surface area contributed by atoms with Crippen LogP contribution in [-0.4, -0.2) is 70.3 Å². The Balaban J connectivity index is 1.41. The van der Waals surface area contributed by atoms with Gasteiger partial charge in [-0.05, 0) is 49.7 Å². The number of likely N-dealkylation sites (tertiary alicyclic amines) is 1. The van der Waals surface area contributed by atoms with Crippen molar-refractivity contribution in [2.45, 2.75) is 44.2 Å². The fourth-order valence-corrected chi connectivity index (χ4v) is 6.62. The Labute approximate surface area is 222 Å². The number of aliphatic hydroxyl groups excluding tert-OH is 1. The number of hydrogen-bond donors (Lipinski definition) is 4. The van der Waals surface area contributed by atoms with E-state index in [1.165, 1.54) is 17.0 Å². The second-order valence-electron chi connectivity index (χ2n) is 10.1. The predicted octanol–water partition coefficient (Wildman–Crippen LogP) is 2.43. The third-order valence-electron chi connectivity index (χ3n) is 7.95. The Morgan fingerprint density at radius 2 is 1.97 bits per heavy atom. The van der Waals surface area contributed by atoms with Gasteiger partial charge >= 0.3 is 0 Å². The van der Waals surface area contributed by atoms with Gasteiger partial charge in [0, 0.05) is 24.4 Å². The number of fused-ring (bicyclic) bond motifs is 2. The number of ketones is 1. The number of Topliss-reactive ketones (excluding diaryl/α,β-unsaturated/α-hetero) is 1. The van der Waals surface area contributed by atoms with Gasteiger partial charge in [-0.15, -0.1) is 0 Å². The number of aromatic amines is 1. The molecule has 4 N–H and O–H groups in total. The molecule has 0 bridgehead atoms. The summed E-state index contributed by atoms with van der Waals surface area (Å²) in [6.45, 7) is 0.0621. The van der Waals surface area contributed by atoms with Gasteiger partial charge in [0.15, 0.2) is 11.6 Å². The minimum absolute atomic E-state index is 0.00434. The summed E-state index contributed by atoms with van der Waals surface area (Å²) in [6, 6.07) is 0.815. The molecule has 5 atom stereocenters. The highest BCUT2D eigenvalue weighted by Gasteiger charge is 2.50. The summed E-state index contributed by atoms with van der Waals surface area (Å²) in [5.41, 5.74) is 0.0751. The lowest BCUT2D eigenvalue weighted by atomic mass is 9.92. The standard InChI is InChI=1S/C25H27Cl2FN4O5/c26-15-8-16(27)20(28)21-14(15)7-18(30-21)25(37)32-9-12-2-1-3-13(12)22(32)24(36)31-17(19(34)10-33)6-11-4-5-29-23(11)35/h7-8,11-13,17,22,30,33H,1-6,9-10H2,(H,29,35)(H,31,36)/t11-,12-,13-,17?,22-/m0/s1. The summed E-state index contributed by atoms with van der Waals surface area (Å²) < 4.78 is 14.6. The minimum Gasteiger partial charge on any atom is -0.389 e. The molecule has 1 aromatic carbocycles. The lowest BCUT2D eigenvalue weighted by Gasteiger charge is -2.29. The minimum atomic E-state index is -1.05. The highest BCUT2D eigenvalue weighted by Crippen LogP contribution is 2.43. The predicted molar refractivity (Wildman–Crippen MR) is 134 cm³/mol. The Morgan fingerprint density at radius 1 is 1.19 bits per heavy atom. The number of halogens is 3. The molecule has 2 saturated heterocycles. The molecule has 1 aliphatic carbocycles. The third-order valence-corrected chi connectivity index (χ3v) is 8.54. The number of carbonyl (C=O) groups excluding carboxylic acids is 4. The van der Waals surface area contributed by atoms with Crippen molar-refractivity contribution in [2.24, 2.45) is 17.8 Å². The maximum absolute atomic E-state index is 14.6. The quantitative estimate of drug-likeness (QED) is 0.392. The van der Waals surface area contributed by atoms with Crippen LogP contribution >= 0.6 is 23.2 Å². The molecule has 1 aromatic heterocycles. The Hall–Kier alpha value is -2.69. The van der Waals surface area contributed by atoms with E-state index >= 15 is 0 Å². The summed E-state index contributed by atoms with van der Waals surface area (Å²) in [7, 11) is 0. The van der Waals surface area contributed by atoms with E-state index in [2.05, 4.69) is 15.6 Å². The average molecular weight is 553 g/mol. The summed E-state index contributed by atoms with van der Waals surface area (Å²) in [5.74, 6) is -2.93. The van der Waals surface area contributed by atoms with E-state index in [1.807, 2.05) is 0 Å². The largest absolute Gasteiger partial charge is 0.389 e. The van der Waals surface area contributed by atoms with Crippen LogP contribution in [0.5, 0.6) is 0 Å². The molecule has 37 heavy (non-hydrogen) atoms. The Kier molecular flexibility index (Phi) is 7.17. The number of aromatic nitrogens is 1. The first-order valence-electron chi connectivity index (χ1n) is 12.4. The summed E-state index contributed by atoms with van der Waals surface area (Å²) >= 11 is 12.1. The lowest BCUT2D eigenvalue weighted by Crippen LogP contribution is -2.53. The monoisotopic (exact) mass is 552 g/mol. The topological polar surface area (TPSA) is 132 Å². The number of benzene rings is 1. The number of rotatable bonds is 7. The number of carbonyl (C=O) groups is 4. The van der Waals surface area contributed by atoms with E-state index in [0.717, 1.165) is 19.3 Å². The van der Waals surface area contributed by atoms with Crippen LogP contribution < -0.4 is 10.6 Å². The van der Waals surface area contributed by atoms with Gasteiger partial charge in [0.1, 0.15) is 18.3 Å². The van der Waals surface area contributed by atoms with Crippen LogP contribution in [-0.2, 0) is 14.4 Å². The van der Waals surface area contributed by atoms with Gasteiger partial charge in [-0.25, -0.2) is 4.39 Å². The zero-order chi connectivity index (χ0) is 26.4. The maximum atomic E-state index is 14.6. The van der Waals surface area contributed by atoms with Crippen molar-refractivity contribution in [3.63, 3.8) is 0 Å². The van der Waals surface area contributed by atoms with Crippen LogP contribution in [0.4, 0.5) is 4.39 Å². The number of hydrogen-bond acceptors (Lipinski definition) is 5. The lowest BCUT2D eigenvalue weighted by molar-refractivity contribution is -0.133. The highest BCUT2D eigenvalue weighted by atomic mass is 35.5. The van der Waals surface area contributed by atoms with E-state index in [0.29, 0.717) is 24.9 Å². The summed E-state index contributed by atoms with van der Waals surface area (Å²) in [4.78, 5) is 56.0. The maximum Gasteiger partial charge on any atom is 0.271 e. The average Bonchev–Trinajstić information content (AvgIpc) is 3.65. The van der Waals surface area contributed by atoms with Gasteiger partial charge in [-0.2, -0.15) is 0 Å². The second kappa shape index (κ2) is 10.2. The van der Waals surface area contributed by atoms with E-state index in [9.17, 15) is 28.7 Å². The first-order valence-corrected chi connectivity index (χ1v) is 13.1. The molecule has 0 radical (unpaired) electrons.